The van der Waals surface area contributed by atoms with Crippen LogP contribution in [-0.2, 0) is 47.5 Å². The standard InChI is InChI=1S/C47H69N3O11/c1-11-27-14-12-15-35(61-38-18-17-34(49(5)6)25(3)57-38)24(2)42(52)33-22-30-29-20-28(60-47-45(56-10)44(55-9)43(54-8)26(4)58-47)21-32(29)41-40(39(30)31(33)23-37(51)59-27)48-46-36(53-7)16-13-19-50(41)46/h13,16,19,22,24-32,34-35,38-39,43-45,47H,11-12,14-15,17-18,20-21,23H2,1-10H3/t24-,25?,26?,27+,28+,29+,30+,31-,32-,34+,35+,38+,39-,43+,44?,45?,47+/m1/s1. The number of esters is 1. The van der Waals surface area contributed by atoms with Crippen LogP contribution in [0.2, 0.25) is 0 Å². The third-order valence-corrected chi connectivity index (χ3v) is 15.1. The van der Waals surface area contributed by atoms with Crippen LogP contribution in [0, 0.1) is 23.7 Å². The molecule has 0 radical (unpaired) electrons. The van der Waals surface area contributed by atoms with Gasteiger partial charge < -0.3 is 51.9 Å². The van der Waals surface area contributed by atoms with E-state index in [1.54, 1.807) is 28.4 Å². The van der Waals surface area contributed by atoms with Crippen LogP contribution in [0.5, 0.6) is 5.75 Å². The molecule has 3 saturated heterocycles. The van der Waals surface area contributed by atoms with Crippen molar-refractivity contribution < 1.29 is 52.2 Å². The molecular formula is C47H69N3O11. The van der Waals surface area contributed by atoms with Crippen molar-refractivity contribution in [1.82, 2.24) is 14.3 Å². The fourth-order valence-electron chi connectivity index (χ4n) is 12.1. The Morgan fingerprint density at radius 1 is 0.885 bits per heavy atom. The highest BCUT2D eigenvalue weighted by atomic mass is 16.7. The summed E-state index contributed by atoms with van der Waals surface area (Å²) >= 11 is 0. The third kappa shape index (κ3) is 8.33. The van der Waals surface area contributed by atoms with Gasteiger partial charge in [0.1, 0.15) is 24.4 Å². The molecule has 17 atom stereocenters. The molecule has 0 N–H and O–H groups in total. The van der Waals surface area contributed by atoms with Crippen LogP contribution in [0.25, 0.3) is 5.65 Å². The second-order valence-electron chi connectivity index (χ2n) is 18.7. The number of nitrogens with zero attached hydrogens (tertiary/aromatic N) is 3. The fraction of sp³-hybridized carbons (Fsp3) is 0.766. The van der Waals surface area contributed by atoms with Crippen LogP contribution < -0.4 is 4.74 Å². The van der Waals surface area contributed by atoms with E-state index in [-0.39, 0.29) is 84.6 Å². The molecule has 3 aliphatic heterocycles. The average Bonchev–Trinajstić information content (AvgIpc) is 3.95. The van der Waals surface area contributed by atoms with E-state index < -0.39 is 30.5 Å². The lowest BCUT2D eigenvalue weighted by Gasteiger charge is -2.44. The van der Waals surface area contributed by atoms with E-state index in [0.717, 1.165) is 42.7 Å². The molecule has 0 aromatic carbocycles. The fourth-order valence-corrected chi connectivity index (χ4v) is 12.1. The van der Waals surface area contributed by atoms with Crippen molar-refractivity contribution in [2.75, 3.05) is 42.5 Å². The van der Waals surface area contributed by atoms with Crippen molar-refractivity contribution in [3.05, 3.63) is 41.4 Å². The molecule has 0 bridgehead atoms. The Morgan fingerprint density at radius 2 is 1.66 bits per heavy atom. The summed E-state index contributed by atoms with van der Waals surface area (Å²) in [6.07, 6.45) is 7.01. The Morgan fingerprint density at radius 3 is 2.34 bits per heavy atom. The van der Waals surface area contributed by atoms with E-state index in [9.17, 15) is 4.79 Å². The highest BCUT2D eigenvalue weighted by molar-refractivity contribution is 5.99. The van der Waals surface area contributed by atoms with Crippen molar-refractivity contribution in [2.45, 2.75) is 165 Å². The first kappa shape index (κ1) is 44.6. The lowest BCUT2D eigenvalue weighted by atomic mass is 9.66. The molecule has 338 valence electrons. The lowest BCUT2D eigenvalue weighted by molar-refractivity contribution is -0.314. The monoisotopic (exact) mass is 851 g/mol. The first-order valence-corrected chi connectivity index (χ1v) is 22.8. The highest BCUT2D eigenvalue weighted by Crippen LogP contribution is 2.61. The Balaban J connectivity index is 1.15. The summed E-state index contributed by atoms with van der Waals surface area (Å²) in [5.74, 6) is -0.633. The topological polar surface area (TPSA) is 138 Å². The van der Waals surface area contributed by atoms with Gasteiger partial charge in [-0.05, 0) is 109 Å². The summed E-state index contributed by atoms with van der Waals surface area (Å²) in [5.41, 5.74) is 3.40. The molecule has 61 heavy (non-hydrogen) atoms. The molecule has 4 unspecified atom stereocenters. The van der Waals surface area contributed by atoms with Crippen LogP contribution in [0.1, 0.15) is 109 Å². The van der Waals surface area contributed by atoms with Crippen molar-refractivity contribution in [3.63, 3.8) is 0 Å². The van der Waals surface area contributed by atoms with Gasteiger partial charge in [-0.25, -0.2) is 4.98 Å². The molecule has 14 heteroatoms. The van der Waals surface area contributed by atoms with Crippen LogP contribution in [-0.4, -0.2) is 136 Å². The number of carbonyl (C=O) groups excluding carboxylic acids is 2. The maximum absolute atomic E-state index is 15.2. The number of aromatic nitrogens is 2. The molecule has 1 saturated carbocycles. The largest absolute Gasteiger partial charge is 0.493 e. The summed E-state index contributed by atoms with van der Waals surface area (Å²) in [6.45, 7) is 8.14. The van der Waals surface area contributed by atoms with E-state index in [1.807, 2.05) is 32.2 Å². The van der Waals surface area contributed by atoms with Gasteiger partial charge >= 0.3 is 5.97 Å². The molecule has 0 spiro atoms. The smallest absolute Gasteiger partial charge is 0.306 e. The molecule has 4 fully saturated rings. The average molecular weight is 852 g/mol. The molecule has 0 amide bonds. The first-order chi connectivity index (χ1) is 29.4. The molecule has 3 aliphatic carbocycles. The van der Waals surface area contributed by atoms with Gasteiger partial charge in [0.2, 0.25) is 0 Å². The van der Waals surface area contributed by atoms with Crippen LogP contribution >= 0.6 is 0 Å². The summed E-state index contributed by atoms with van der Waals surface area (Å²) in [5, 5.41) is 0. The van der Waals surface area contributed by atoms with Crippen LogP contribution in [0.3, 0.4) is 0 Å². The number of fused-ring (bicyclic) bond motifs is 10. The van der Waals surface area contributed by atoms with Crippen LogP contribution in [0.4, 0.5) is 0 Å². The van der Waals surface area contributed by atoms with E-state index >= 15 is 4.79 Å². The van der Waals surface area contributed by atoms with Crippen molar-refractivity contribution in [1.29, 1.82) is 0 Å². The van der Waals surface area contributed by atoms with Gasteiger partial charge in [-0.15, -0.1) is 0 Å². The number of ketones is 1. The van der Waals surface area contributed by atoms with E-state index in [0.29, 0.717) is 43.0 Å². The summed E-state index contributed by atoms with van der Waals surface area (Å²) < 4.78 is 58.6. The van der Waals surface area contributed by atoms with Crippen molar-refractivity contribution in [3.8, 4) is 5.75 Å². The van der Waals surface area contributed by atoms with Crippen LogP contribution in [0.15, 0.2) is 30.0 Å². The van der Waals surface area contributed by atoms with Gasteiger partial charge in [-0.3, -0.25) is 9.59 Å². The number of carbonyl (C=O) groups is 2. The zero-order valence-electron chi connectivity index (χ0n) is 37.8. The number of hydrogen-bond donors (Lipinski definition) is 0. The summed E-state index contributed by atoms with van der Waals surface area (Å²) in [4.78, 5) is 36.8. The SMILES string of the molecule is CC[C@H]1CCC[C@H](O[C@H]2CC[C@H](N(C)C)C(C)O2)[C@@H](C)C(=O)C2=C[C@H]3[C@@H]4C[C@H](O[C@@H]5OC(C)[C@H](OC)C(OC)C5OC)C[C@H]4c4c(nc5c(OC)cccn45)[C@H]3[C@@H]2CC(=O)O1. The molecule has 2 aromatic rings. The van der Waals surface area contributed by atoms with Crippen molar-refractivity contribution >= 4 is 17.4 Å². The molecular weight excluding hydrogens is 783 g/mol. The number of imidazole rings is 1. The van der Waals surface area contributed by atoms with Gasteiger partial charge in [0.25, 0.3) is 0 Å². The van der Waals surface area contributed by atoms with Gasteiger partial charge in [0.05, 0.1) is 43.6 Å². The molecule has 2 aromatic heterocycles. The maximum Gasteiger partial charge on any atom is 0.306 e. The minimum Gasteiger partial charge on any atom is -0.493 e. The predicted octanol–water partition coefficient (Wildman–Crippen LogP) is 6.22. The zero-order valence-corrected chi connectivity index (χ0v) is 37.8. The molecule has 5 heterocycles. The van der Waals surface area contributed by atoms with Crippen molar-refractivity contribution in [2.24, 2.45) is 23.7 Å². The Labute approximate surface area is 361 Å². The lowest BCUT2D eigenvalue weighted by Crippen LogP contribution is -2.59. The highest BCUT2D eigenvalue weighted by Gasteiger charge is 2.57. The quantitative estimate of drug-likeness (QED) is 0.251. The Bertz CT molecular complexity index is 1900. The van der Waals surface area contributed by atoms with Gasteiger partial charge in [-0.1, -0.05) is 19.9 Å². The number of methoxy groups -OCH3 is 4. The van der Waals surface area contributed by atoms with E-state index in [4.69, 9.17) is 47.6 Å². The third-order valence-electron chi connectivity index (χ3n) is 15.1. The number of hydrogen-bond acceptors (Lipinski definition) is 13. The van der Waals surface area contributed by atoms with E-state index in [2.05, 4.69) is 43.3 Å². The number of pyridine rings is 1. The number of ether oxygens (including phenoxy) is 9. The van der Waals surface area contributed by atoms with Gasteiger partial charge in [-0.2, -0.15) is 0 Å². The predicted molar refractivity (Wildman–Crippen MR) is 225 cm³/mol. The molecule has 8 rings (SSSR count). The molecule has 6 aliphatic rings. The number of cyclic esters (lactones) is 1. The summed E-state index contributed by atoms with van der Waals surface area (Å²) in [7, 11) is 10.8. The summed E-state index contributed by atoms with van der Waals surface area (Å²) in [6, 6.07) is 4.21. The second kappa shape index (κ2) is 18.6. The van der Waals surface area contributed by atoms with Gasteiger partial charge in [0, 0.05) is 62.9 Å². The number of rotatable bonds is 10. The second-order valence-corrected chi connectivity index (χ2v) is 18.7. The zero-order chi connectivity index (χ0) is 43.3. The van der Waals surface area contributed by atoms with E-state index in [1.165, 1.54) is 0 Å². The minimum absolute atomic E-state index is 0.00230. The Hall–Kier alpha value is -2.95. The Kier molecular flexibility index (Phi) is 13.6. The molecule has 14 nitrogen and oxygen atoms in total. The maximum atomic E-state index is 15.2. The first-order valence-electron chi connectivity index (χ1n) is 22.8. The number of Topliss-reactive ketones (excluding diaryl/α,β-unsaturated/α-hetero) is 1. The normalized spacial score (nSPS) is 40.6. The number of allylic oxidation sites excluding steroid dienone is 2. The number of likely N-dealkylation sites (N-methyl/N-ethyl adjacent to an activating group) is 1. The van der Waals surface area contributed by atoms with Gasteiger partial charge in [0.15, 0.2) is 29.8 Å². The minimum atomic E-state index is -0.679.